The van der Waals surface area contributed by atoms with E-state index in [0.717, 1.165) is 22.9 Å². The lowest BCUT2D eigenvalue weighted by molar-refractivity contribution is -0.132. The van der Waals surface area contributed by atoms with Crippen molar-refractivity contribution in [3.05, 3.63) is 69.1 Å². The number of esters is 1. The minimum Gasteiger partial charge on any atom is -0.464 e. The van der Waals surface area contributed by atoms with Gasteiger partial charge in [-0.15, -0.1) is 12.3 Å². The molecule has 1 aromatic heterocycles. The topological polar surface area (TPSA) is 68.6 Å². The number of ether oxygens (including phenoxy) is 1. The first-order valence-corrected chi connectivity index (χ1v) is 12.9. The summed E-state index contributed by atoms with van der Waals surface area (Å²) in [5.41, 5.74) is 1.55. The summed E-state index contributed by atoms with van der Waals surface area (Å²) in [4.78, 5) is 41.2. The predicted octanol–water partition coefficient (Wildman–Crippen LogP) is 5.26. The van der Waals surface area contributed by atoms with E-state index in [1.807, 2.05) is 47.4 Å². The summed E-state index contributed by atoms with van der Waals surface area (Å²) in [5, 5.41) is 1.25. The molecule has 7 heteroatoms. The van der Waals surface area contributed by atoms with E-state index in [1.54, 1.807) is 10.6 Å². The highest BCUT2D eigenvalue weighted by Crippen LogP contribution is 2.33. The molecule has 0 saturated carbocycles. The van der Waals surface area contributed by atoms with Crippen molar-refractivity contribution in [1.29, 1.82) is 0 Å². The van der Waals surface area contributed by atoms with Gasteiger partial charge in [0.25, 0.3) is 5.56 Å². The van der Waals surface area contributed by atoms with Crippen LogP contribution in [-0.4, -0.2) is 41.5 Å². The van der Waals surface area contributed by atoms with Gasteiger partial charge in [0.1, 0.15) is 5.69 Å². The van der Waals surface area contributed by atoms with Gasteiger partial charge < -0.3 is 14.2 Å². The summed E-state index contributed by atoms with van der Waals surface area (Å²) >= 11 is 3.51. The number of rotatable bonds is 7. The Morgan fingerprint density at radius 1 is 1.11 bits per heavy atom. The smallest absolute Gasteiger partial charge is 0.355 e. The number of hydrogen-bond acceptors (Lipinski definition) is 4. The third-order valence-electron chi connectivity index (χ3n) is 6.79. The van der Waals surface area contributed by atoms with Gasteiger partial charge in [0.2, 0.25) is 5.91 Å². The second kappa shape index (κ2) is 11.6. The Balaban J connectivity index is 1.72. The number of carbonyl (C=O) groups is 2. The fraction of sp³-hybridized carbons (Fsp3) is 0.345. The average Bonchev–Trinajstić information content (AvgIpc) is 2.90. The molecular formula is C29H29BrN2O4. The maximum Gasteiger partial charge on any atom is 0.355 e. The quantitative estimate of drug-likeness (QED) is 0.229. The first-order valence-electron chi connectivity index (χ1n) is 12.2. The Bertz CT molecular complexity index is 1370. The number of halogens is 1. The summed E-state index contributed by atoms with van der Waals surface area (Å²) < 4.78 is 7.58. The van der Waals surface area contributed by atoms with E-state index in [9.17, 15) is 14.4 Å². The molecule has 0 atom stereocenters. The molecule has 6 nitrogen and oxygen atoms in total. The number of hydrogen-bond donors (Lipinski definition) is 0. The third kappa shape index (κ3) is 5.39. The number of carbonyl (C=O) groups excluding carboxylic acids is 2. The molecule has 0 aliphatic carbocycles. The minimum atomic E-state index is -0.547. The Hall–Kier alpha value is -3.37. The van der Waals surface area contributed by atoms with Gasteiger partial charge in [-0.1, -0.05) is 46.3 Å². The number of aromatic nitrogens is 1. The van der Waals surface area contributed by atoms with Gasteiger partial charge in [-0.05, 0) is 54.3 Å². The van der Waals surface area contributed by atoms with E-state index in [4.69, 9.17) is 11.2 Å². The molecule has 0 spiro atoms. The molecule has 2 aromatic carbocycles. The molecule has 36 heavy (non-hydrogen) atoms. The summed E-state index contributed by atoms with van der Waals surface area (Å²) in [5.74, 6) is 2.30. The van der Waals surface area contributed by atoms with Crippen LogP contribution in [0.15, 0.2) is 57.8 Å². The van der Waals surface area contributed by atoms with Crippen LogP contribution in [0.1, 0.15) is 42.6 Å². The zero-order chi connectivity index (χ0) is 25.7. The number of piperidine rings is 1. The number of amides is 1. The second-order valence-electron chi connectivity index (χ2n) is 9.07. The van der Waals surface area contributed by atoms with Crippen molar-refractivity contribution in [3.8, 4) is 23.5 Å². The maximum atomic E-state index is 13.7. The Morgan fingerprint density at radius 3 is 2.50 bits per heavy atom. The van der Waals surface area contributed by atoms with Gasteiger partial charge in [0.15, 0.2) is 0 Å². The summed E-state index contributed by atoms with van der Waals surface area (Å²) in [6.45, 7) is 1.65. The zero-order valence-corrected chi connectivity index (χ0v) is 21.9. The molecule has 3 aromatic rings. The lowest BCUT2D eigenvalue weighted by Crippen LogP contribution is -2.40. The largest absolute Gasteiger partial charge is 0.464 e. The molecular weight excluding hydrogens is 520 g/mol. The summed E-state index contributed by atoms with van der Waals surface area (Å²) in [6, 6.07) is 15.1. The predicted molar refractivity (Wildman–Crippen MR) is 145 cm³/mol. The van der Waals surface area contributed by atoms with Gasteiger partial charge in [0, 0.05) is 47.9 Å². The summed E-state index contributed by atoms with van der Waals surface area (Å²) in [7, 11) is 1.33. The number of pyridine rings is 1. The van der Waals surface area contributed by atoms with Crippen molar-refractivity contribution >= 4 is 38.6 Å². The van der Waals surface area contributed by atoms with Gasteiger partial charge >= 0.3 is 5.97 Å². The average molecular weight is 549 g/mol. The third-order valence-corrected chi connectivity index (χ3v) is 7.29. The van der Waals surface area contributed by atoms with Crippen LogP contribution in [0.3, 0.4) is 0 Å². The van der Waals surface area contributed by atoms with Crippen molar-refractivity contribution in [2.45, 2.75) is 38.6 Å². The van der Waals surface area contributed by atoms with Crippen LogP contribution in [0.5, 0.6) is 0 Å². The summed E-state index contributed by atoms with van der Waals surface area (Å²) in [6.07, 6.45) is 8.56. The number of terminal acetylenes is 1. The number of likely N-dealkylation sites (tertiary alicyclic amines) is 1. The van der Waals surface area contributed by atoms with Crippen molar-refractivity contribution in [2.24, 2.45) is 5.92 Å². The van der Waals surface area contributed by atoms with Gasteiger partial charge in [0.05, 0.1) is 7.11 Å². The van der Waals surface area contributed by atoms with Crippen molar-refractivity contribution < 1.29 is 14.3 Å². The second-order valence-corrected chi connectivity index (χ2v) is 9.98. The van der Waals surface area contributed by atoms with E-state index in [-0.39, 0.29) is 23.1 Å². The SMILES string of the molecule is C#CCCCC(=O)N1CCC(Cn2c(C(=O)OC)c(-c3ccccc3)c3cc(Br)ccc3c2=O)CC1. The van der Waals surface area contributed by atoms with E-state index in [2.05, 4.69) is 21.9 Å². The molecule has 1 fully saturated rings. The molecule has 1 saturated heterocycles. The molecule has 186 valence electrons. The highest BCUT2D eigenvalue weighted by molar-refractivity contribution is 9.10. The molecule has 0 bridgehead atoms. The lowest BCUT2D eigenvalue weighted by Gasteiger charge is -2.33. The standard InChI is InChI=1S/C29H29BrN2O4/c1-3-4-6-11-25(33)31-16-14-20(15-17-31)19-32-27(29(35)36-2)26(21-9-7-5-8-10-21)24-18-22(30)12-13-23(24)28(32)34/h1,5,7-10,12-13,18,20H,4,6,11,14-17,19H2,2H3. The van der Waals surface area contributed by atoms with Crippen LogP contribution < -0.4 is 5.56 Å². The van der Waals surface area contributed by atoms with Gasteiger partial charge in [-0.3, -0.25) is 9.59 Å². The molecule has 4 rings (SSSR count). The maximum absolute atomic E-state index is 13.7. The number of fused-ring (bicyclic) bond motifs is 1. The first-order chi connectivity index (χ1) is 17.4. The number of methoxy groups -OCH3 is 1. The molecule has 1 amide bonds. The normalized spacial score (nSPS) is 14.0. The molecule has 1 aliphatic heterocycles. The van der Waals surface area contributed by atoms with Gasteiger partial charge in [-0.25, -0.2) is 4.79 Å². The zero-order valence-electron chi connectivity index (χ0n) is 20.3. The monoisotopic (exact) mass is 548 g/mol. The van der Waals surface area contributed by atoms with Crippen LogP contribution in [-0.2, 0) is 16.1 Å². The fourth-order valence-corrected chi connectivity index (χ4v) is 5.28. The van der Waals surface area contributed by atoms with Crippen LogP contribution in [0, 0.1) is 18.3 Å². The first kappa shape index (κ1) is 25.7. The molecule has 2 heterocycles. The Morgan fingerprint density at radius 2 is 1.83 bits per heavy atom. The van der Waals surface area contributed by atoms with E-state index < -0.39 is 5.97 Å². The lowest BCUT2D eigenvalue weighted by atomic mass is 9.93. The van der Waals surface area contributed by atoms with Gasteiger partial charge in [-0.2, -0.15) is 0 Å². The van der Waals surface area contributed by atoms with Crippen LogP contribution in [0.2, 0.25) is 0 Å². The number of nitrogens with zero attached hydrogens (tertiary/aromatic N) is 2. The molecule has 1 aliphatic rings. The highest BCUT2D eigenvalue weighted by atomic mass is 79.9. The minimum absolute atomic E-state index is 0.124. The van der Waals surface area contributed by atoms with Crippen LogP contribution in [0.4, 0.5) is 0 Å². The van der Waals surface area contributed by atoms with Crippen LogP contribution in [0.25, 0.3) is 21.9 Å². The molecule has 0 N–H and O–H groups in total. The Labute approximate surface area is 219 Å². The Kier molecular flexibility index (Phi) is 8.27. The van der Waals surface area contributed by atoms with E-state index in [1.165, 1.54) is 7.11 Å². The van der Waals surface area contributed by atoms with Crippen molar-refractivity contribution in [3.63, 3.8) is 0 Å². The van der Waals surface area contributed by atoms with Crippen LogP contribution >= 0.6 is 15.9 Å². The highest BCUT2D eigenvalue weighted by Gasteiger charge is 2.28. The van der Waals surface area contributed by atoms with E-state index >= 15 is 0 Å². The van der Waals surface area contributed by atoms with E-state index in [0.29, 0.717) is 55.2 Å². The fourth-order valence-electron chi connectivity index (χ4n) is 4.92. The number of benzene rings is 2. The molecule has 0 radical (unpaired) electrons. The number of unbranched alkanes of at least 4 members (excludes halogenated alkanes) is 1. The van der Waals surface area contributed by atoms with Crippen molar-refractivity contribution in [2.75, 3.05) is 20.2 Å². The van der Waals surface area contributed by atoms with Crippen molar-refractivity contribution in [1.82, 2.24) is 9.47 Å². The molecule has 0 unspecified atom stereocenters.